The van der Waals surface area contributed by atoms with Crippen LogP contribution in [0.4, 0.5) is 0 Å². The third-order valence-corrected chi connectivity index (χ3v) is 3.48. The molecule has 0 unspecified atom stereocenters. The van der Waals surface area contributed by atoms with Crippen molar-refractivity contribution >= 4 is 17.5 Å². The normalized spacial score (nSPS) is 10.6. The molecule has 0 aliphatic heterocycles. The largest absolute Gasteiger partial charge is 0.421 e. The van der Waals surface area contributed by atoms with E-state index in [4.69, 9.17) is 16.0 Å². The third kappa shape index (κ3) is 4.04. The summed E-state index contributed by atoms with van der Waals surface area (Å²) in [6, 6.07) is 7.18. The predicted molar refractivity (Wildman–Crippen MR) is 81.0 cm³/mol. The van der Waals surface area contributed by atoms with Crippen molar-refractivity contribution in [2.24, 2.45) is 0 Å². The molecule has 0 radical (unpaired) electrons. The quantitative estimate of drug-likeness (QED) is 0.822. The van der Waals surface area contributed by atoms with Crippen LogP contribution in [0.1, 0.15) is 26.2 Å². The second-order valence-electron chi connectivity index (χ2n) is 4.57. The summed E-state index contributed by atoms with van der Waals surface area (Å²) in [7, 11) is 0. The number of carbonyl (C=O) groups is 1. The fraction of sp³-hybridized carbons (Fsp3) is 0.400. The van der Waals surface area contributed by atoms with Gasteiger partial charge in [-0.1, -0.05) is 11.6 Å². The fourth-order valence-corrected chi connectivity index (χ4v) is 2.14. The Balaban J connectivity index is 1.97. The van der Waals surface area contributed by atoms with E-state index in [0.717, 1.165) is 18.7 Å². The van der Waals surface area contributed by atoms with Crippen LogP contribution in [0.5, 0.6) is 0 Å². The van der Waals surface area contributed by atoms with Crippen LogP contribution in [-0.4, -0.2) is 34.1 Å². The van der Waals surface area contributed by atoms with Crippen LogP contribution in [0.25, 0.3) is 11.5 Å². The highest BCUT2D eigenvalue weighted by Crippen LogP contribution is 2.20. The van der Waals surface area contributed by atoms with Gasteiger partial charge in [0.2, 0.25) is 17.7 Å². The molecule has 0 saturated carbocycles. The molecule has 1 aromatic heterocycles. The van der Waals surface area contributed by atoms with Gasteiger partial charge in [0.05, 0.1) is 0 Å². The number of amides is 1. The zero-order valence-electron chi connectivity index (χ0n) is 12.2. The highest BCUT2D eigenvalue weighted by Gasteiger charge is 2.13. The van der Waals surface area contributed by atoms with Gasteiger partial charge in [0.1, 0.15) is 0 Å². The molecule has 5 nitrogen and oxygen atoms in total. The Labute approximate surface area is 128 Å². The molecule has 2 rings (SSSR count). The van der Waals surface area contributed by atoms with E-state index in [1.807, 2.05) is 26.0 Å². The molecule has 0 atom stereocenters. The Morgan fingerprint density at radius 2 is 1.86 bits per heavy atom. The van der Waals surface area contributed by atoms with Crippen molar-refractivity contribution in [3.05, 3.63) is 35.2 Å². The van der Waals surface area contributed by atoms with Gasteiger partial charge in [-0.2, -0.15) is 0 Å². The van der Waals surface area contributed by atoms with E-state index in [0.29, 0.717) is 29.6 Å². The van der Waals surface area contributed by atoms with E-state index >= 15 is 0 Å². The maximum Gasteiger partial charge on any atom is 0.247 e. The van der Waals surface area contributed by atoms with Crippen molar-refractivity contribution in [3.8, 4) is 11.5 Å². The molecule has 0 bridgehead atoms. The number of hydrogen-bond acceptors (Lipinski definition) is 4. The van der Waals surface area contributed by atoms with Gasteiger partial charge >= 0.3 is 0 Å². The number of hydrogen-bond donors (Lipinski definition) is 0. The summed E-state index contributed by atoms with van der Waals surface area (Å²) in [5.74, 6) is 1.02. The summed E-state index contributed by atoms with van der Waals surface area (Å²) in [5.41, 5.74) is 0.813. The minimum absolute atomic E-state index is 0.103. The van der Waals surface area contributed by atoms with E-state index in [1.165, 1.54) is 0 Å². The van der Waals surface area contributed by atoms with Crippen molar-refractivity contribution in [2.45, 2.75) is 26.7 Å². The maximum absolute atomic E-state index is 11.9. The molecule has 112 valence electrons. The van der Waals surface area contributed by atoms with Gasteiger partial charge in [-0.3, -0.25) is 4.79 Å². The number of aromatic nitrogens is 2. The van der Waals surface area contributed by atoms with Crippen LogP contribution in [-0.2, 0) is 11.2 Å². The van der Waals surface area contributed by atoms with Gasteiger partial charge < -0.3 is 9.32 Å². The Morgan fingerprint density at radius 3 is 2.48 bits per heavy atom. The molecule has 6 heteroatoms. The lowest BCUT2D eigenvalue weighted by Crippen LogP contribution is -2.30. The van der Waals surface area contributed by atoms with Crippen molar-refractivity contribution in [3.63, 3.8) is 0 Å². The Kier molecular flexibility index (Phi) is 5.33. The van der Waals surface area contributed by atoms with Crippen molar-refractivity contribution in [1.29, 1.82) is 0 Å². The van der Waals surface area contributed by atoms with Crippen LogP contribution >= 0.6 is 11.6 Å². The lowest BCUT2D eigenvalue weighted by molar-refractivity contribution is -0.130. The zero-order valence-corrected chi connectivity index (χ0v) is 12.9. The number of aryl methyl sites for hydroxylation is 1. The Hall–Kier alpha value is -1.88. The number of carbonyl (C=O) groups excluding carboxylic acids is 1. The minimum atomic E-state index is 0.103. The number of nitrogens with zero attached hydrogens (tertiary/aromatic N) is 3. The van der Waals surface area contributed by atoms with Gasteiger partial charge in [-0.25, -0.2) is 0 Å². The van der Waals surface area contributed by atoms with Crippen LogP contribution in [0.3, 0.4) is 0 Å². The third-order valence-electron chi connectivity index (χ3n) is 3.23. The fourth-order valence-electron chi connectivity index (χ4n) is 2.01. The molecule has 1 heterocycles. The zero-order chi connectivity index (χ0) is 15.2. The predicted octanol–water partition coefficient (Wildman–Crippen LogP) is 3.19. The standard InChI is InChI=1S/C15H18ClN3O2/c1-3-19(4-2)14(20)10-9-13-17-18-15(21-13)11-5-7-12(16)8-6-11/h5-8H,3-4,9-10H2,1-2H3. The molecule has 1 amide bonds. The second-order valence-corrected chi connectivity index (χ2v) is 5.01. The van der Waals surface area contributed by atoms with E-state index in [9.17, 15) is 4.79 Å². The summed E-state index contributed by atoms with van der Waals surface area (Å²) >= 11 is 5.84. The van der Waals surface area contributed by atoms with Crippen LogP contribution in [0, 0.1) is 0 Å². The van der Waals surface area contributed by atoms with Gasteiger partial charge in [0.25, 0.3) is 0 Å². The van der Waals surface area contributed by atoms with Crippen molar-refractivity contribution < 1.29 is 9.21 Å². The molecule has 0 N–H and O–H groups in total. The summed E-state index contributed by atoms with van der Waals surface area (Å²) in [6.45, 7) is 5.36. The summed E-state index contributed by atoms with van der Waals surface area (Å²) in [6.07, 6.45) is 0.833. The summed E-state index contributed by atoms with van der Waals surface area (Å²) in [5, 5.41) is 8.63. The molecular weight excluding hydrogens is 290 g/mol. The SMILES string of the molecule is CCN(CC)C(=O)CCc1nnc(-c2ccc(Cl)cc2)o1. The summed E-state index contributed by atoms with van der Waals surface area (Å²) in [4.78, 5) is 13.7. The first-order valence-corrected chi connectivity index (χ1v) is 7.38. The second kappa shape index (κ2) is 7.22. The molecule has 1 aromatic carbocycles. The van der Waals surface area contributed by atoms with Gasteiger partial charge in [-0.05, 0) is 38.1 Å². The molecule has 21 heavy (non-hydrogen) atoms. The first kappa shape index (κ1) is 15.5. The molecule has 0 aliphatic rings. The highest BCUT2D eigenvalue weighted by molar-refractivity contribution is 6.30. The lowest BCUT2D eigenvalue weighted by atomic mass is 10.2. The van der Waals surface area contributed by atoms with E-state index in [2.05, 4.69) is 10.2 Å². The highest BCUT2D eigenvalue weighted by atomic mass is 35.5. The van der Waals surface area contributed by atoms with Crippen LogP contribution in [0.2, 0.25) is 5.02 Å². The lowest BCUT2D eigenvalue weighted by Gasteiger charge is -2.17. The monoisotopic (exact) mass is 307 g/mol. The number of rotatable bonds is 6. The van der Waals surface area contributed by atoms with Crippen molar-refractivity contribution in [1.82, 2.24) is 15.1 Å². The topological polar surface area (TPSA) is 59.2 Å². The average Bonchev–Trinajstić information content (AvgIpc) is 2.96. The molecule has 2 aromatic rings. The molecule has 0 fully saturated rings. The van der Waals surface area contributed by atoms with Gasteiger partial charge in [0.15, 0.2) is 0 Å². The number of benzene rings is 1. The molecule has 0 saturated heterocycles. The Morgan fingerprint density at radius 1 is 1.19 bits per heavy atom. The molecular formula is C15H18ClN3O2. The van der Waals surface area contributed by atoms with Crippen LogP contribution < -0.4 is 0 Å². The van der Waals surface area contributed by atoms with E-state index in [-0.39, 0.29) is 5.91 Å². The molecule has 0 aliphatic carbocycles. The summed E-state index contributed by atoms with van der Waals surface area (Å²) < 4.78 is 5.57. The molecule has 0 spiro atoms. The Bertz CT molecular complexity index is 591. The van der Waals surface area contributed by atoms with Gasteiger partial charge in [0, 0.05) is 36.5 Å². The maximum atomic E-state index is 11.9. The van der Waals surface area contributed by atoms with Crippen LogP contribution in [0.15, 0.2) is 28.7 Å². The van der Waals surface area contributed by atoms with E-state index in [1.54, 1.807) is 17.0 Å². The smallest absolute Gasteiger partial charge is 0.247 e. The number of halogens is 1. The minimum Gasteiger partial charge on any atom is -0.421 e. The van der Waals surface area contributed by atoms with Crippen molar-refractivity contribution in [2.75, 3.05) is 13.1 Å². The van der Waals surface area contributed by atoms with E-state index < -0.39 is 0 Å². The van der Waals surface area contributed by atoms with Gasteiger partial charge in [-0.15, -0.1) is 10.2 Å². The first-order chi connectivity index (χ1) is 10.1. The average molecular weight is 308 g/mol. The first-order valence-electron chi connectivity index (χ1n) is 7.00.